The lowest BCUT2D eigenvalue weighted by molar-refractivity contribution is 0.0661. The number of methoxy groups -OCH3 is 1. The van der Waals surface area contributed by atoms with E-state index < -0.39 is 0 Å². The van der Waals surface area contributed by atoms with Gasteiger partial charge in [0.25, 0.3) is 5.91 Å². The molecule has 20 heavy (non-hydrogen) atoms. The van der Waals surface area contributed by atoms with Crippen molar-refractivity contribution in [2.75, 3.05) is 33.4 Å². The normalized spacial score (nSPS) is 28.6. The number of ether oxygens (including phenoxy) is 2. The summed E-state index contributed by atoms with van der Waals surface area (Å²) in [5.41, 5.74) is 0.404. The highest BCUT2D eigenvalue weighted by molar-refractivity contribution is 5.92. The molecule has 0 radical (unpaired) electrons. The molecule has 3 rings (SSSR count). The third-order valence-electron chi connectivity index (χ3n) is 4.20. The van der Waals surface area contributed by atoms with Crippen molar-refractivity contribution in [2.45, 2.75) is 12.5 Å². The van der Waals surface area contributed by atoms with Crippen LogP contribution in [-0.4, -0.2) is 60.3 Å². The first kappa shape index (κ1) is 13.5. The Morgan fingerprint density at radius 1 is 1.50 bits per heavy atom. The smallest absolute Gasteiger partial charge is 0.274 e. The predicted octanol–water partition coefficient (Wildman–Crippen LogP) is 0.600. The Kier molecular flexibility index (Phi) is 3.93. The van der Waals surface area contributed by atoms with Crippen LogP contribution in [0.15, 0.2) is 18.6 Å². The van der Waals surface area contributed by atoms with Crippen molar-refractivity contribution in [1.29, 1.82) is 0 Å². The van der Waals surface area contributed by atoms with Gasteiger partial charge in [0.05, 0.1) is 18.9 Å². The first-order valence-corrected chi connectivity index (χ1v) is 6.95. The van der Waals surface area contributed by atoms with Gasteiger partial charge in [-0.1, -0.05) is 0 Å². The topological polar surface area (TPSA) is 64.6 Å². The van der Waals surface area contributed by atoms with Gasteiger partial charge in [-0.25, -0.2) is 4.98 Å². The van der Waals surface area contributed by atoms with E-state index in [1.165, 1.54) is 6.20 Å². The van der Waals surface area contributed by atoms with Gasteiger partial charge in [-0.2, -0.15) is 0 Å². The zero-order valence-corrected chi connectivity index (χ0v) is 11.6. The molecule has 0 unspecified atom stereocenters. The van der Waals surface area contributed by atoms with Gasteiger partial charge < -0.3 is 14.4 Å². The van der Waals surface area contributed by atoms with Gasteiger partial charge in [0, 0.05) is 45.1 Å². The molecule has 1 aromatic heterocycles. The van der Waals surface area contributed by atoms with Gasteiger partial charge in [0.1, 0.15) is 5.69 Å². The maximum atomic E-state index is 12.3. The molecule has 0 aliphatic carbocycles. The summed E-state index contributed by atoms with van der Waals surface area (Å²) in [4.78, 5) is 22.2. The number of hydrogen-bond acceptors (Lipinski definition) is 5. The summed E-state index contributed by atoms with van der Waals surface area (Å²) in [6.45, 7) is 2.93. The fourth-order valence-electron chi connectivity index (χ4n) is 3.10. The van der Waals surface area contributed by atoms with E-state index in [-0.39, 0.29) is 12.0 Å². The third-order valence-corrected chi connectivity index (χ3v) is 4.20. The van der Waals surface area contributed by atoms with Crippen molar-refractivity contribution in [1.82, 2.24) is 14.9 Å². The molecule has 6 nitrogen and oxygen atoms in total. The fraction of sp³-hybridized carbons (Fsp3) is 0.643. The number of amides is 1. The number of nitrogens with zero attached hydrogens (tertiary/aromatic N) is 3. The monoisotopic (exact) mass is 277 g/mol. The SMILES string of the molecule is COCC[C@H]1CO[C@H]2CN(C(=O)c3cnccn3)C[C@@H]12. The van der Waals surface area contributed by atoms with Crippen molar-refractivity contribution in [3.8, 4) is 0 Å². The number of likely N-dealkylation sites (tertiary alicyclic amines) is 1. The number of aromatic nitrogens is 2. The Morgan fingerprint density at radius 2 is 2.40 bits per heavy atom. The standard InChI is InChI=1S/C14H19N3O3/c1-19-5-2-10-9-20-13-8-17(7-11(10)13)14(18)12-6-15-3-4-16-12/h3-4,6,10-11,13H,2,5,7-9H2,1H3/t10-,11-,13-/m0/s1. The summed E-state index contributed by atoms with van der Waals surface area (Å²) < 4.78 is 11.0. The Balaban J connectivity index is 1.64. The quantitative estimate of drug-likeness (QED) is 0.806. The summed E-state index contributed by atoms with van der Waals surface area (Å²) >= 11 is 0. The Labute approximate surface area is 118 Å². The van der Waals surface area contributed by atoms with E-state index in [2.05, 4.69) is 9.97 Å². The van der Waals surface area contributed by atoms with E-state index in [0.29, 0.717) is 24.1 Å². The second kappa shape index (κ2) is 5.85. The van der Waals surface area contributed by atoms with E-state index in [1.807, 2.05) is 4.90 Å². The molecule has 2 fully saturated rings. The van der Waals surface area contributed by atoms with Crippen LogP contribution in [0, 0.1) is 11.8 Å². The van der Waals surface area contributed by atoms with Crippen LogP contribution in [0.2, 0.25) is 0 Å². The number of fused-ring (bicyclic) bond motifs is 1. The molecule has 0 spiro atoms. The maximum absolute atomic E-state index is 12.3. The highest BCUT2D eigenvalue weighted by atomic mass is 16.5. The molecular weight excluding hydrogens is 258 g/mol. The van der Waals surface area contributed by atoms with Crippen LogP contribution in [0.5, 0.6) is 0 Å². The van der Waals surface area contributed by atoms with Crippen LogP contribution in [0.1, 0.15) is 16.9 Å². The lowest BCUT2D eigenvalue weighted by atomic mass is 9.91. The molecule has 2 saturated heterocycles. The van der Waals surface area contributed by atoms with Gasteiger partial charge in [-0.3, -0.25) is 9.78 Å². The number of hydrogen-bond donors (Lipinski definition) is 0. The van der Waals surface area contributed by atoms with E-state index in [0.717, 1.165) is 26.2 Å². The summed E-state index contributed by atoms with van der Waals surface area (Å²) in [7, 11) is 1.71. The lowest BCUT2D eigenvalue weighted by Crippen LogP contribution is -2.32. The van der Waals surface area contributed by atoms with E-state index in [4.69, 9.17) is 9.47 Å². The van der Waals surface area contributed by atoms with Crippen molar-refractivity contribution in [3.05, 3.63) is 24.3 Å². The Bertz CT molecular complexity index is 468. The highest BCUT2D eigenvalue weighted by Crippen LogP contribution is 2.35. The lowest BCUT2D eigenvalue weighted by Gasteiger charge is -2.19. The van der Waals surface area contributed by atoms with Gasteiger partial charge in [0.2, 0.25) is 0 Å². The van der Waals surface area contributed by atoms with E-state index >= 15 is 0 Å². The number of carbonyl (C=O) groups is 1. The van der Waals surface area contributed by atoms with Crippen LogP contribution in [0.3, 0.4) is 0 Å². The van der Waals surface area contributed by atoms with E-state index in [9.17, 15) is 4.79 Å². The summed E-state index contributed by atoms with van der Waals surface area (Å²) in [6, 6.07) is 0. The van der Waals surface area contributed by atoms with Crippen LogP contribution >= 0.6 is 0 Å². The first-order valence-electron chi connectivity index (χ1n) is 6.95. The number of rotatable bonds is 4. The minimum absolute atomic E-state index is 0.0541. The molecule has 0 aromatic carbocycles. The molecule has 0 bridgehead atoms. The molecule has 6 heteroatoms. The van der Waals surface area contributed by atoms with Crippen molar-refractivity contribution < 1.29 is 14.3 Å². The molecule has 2 aliphatic heterocycles. The second-order valence-corrected chi connectivity index (χ2v) is 5.38. The van der Waals surface area contributed by atoms with Crippen molar-refractivity contribution in [2.24, 2.45) is 11.8 Å². The molecule has 0 saturated carbocycles. The molecule has 1 amide bonds. The molecule has 2 aliphatic rings. The average molecular weight is 277 g/mol. The molecule has 108 valence electrons. The highest BCUT2D eigenvalue weighted by Gasteiger charge is 2.45. The zero-order valence-electron chi connectivity index (χ0n) is 11.6. The van der Waals surface area contributed by atoms with Crippen molar-refractivity contribution in [3.63, 3.8) is 0 Å². The predicted molar refractivity (Wildman–Crippen MR) is 71.1 cm³/mol. The largest absolute Gasteiger partial charge is 0.385 e. The molecule has 3 atom stereocenters. The van der Waals surface area contributed by atoms with Crippen LogP contribution in [0.25, 0.3) is 0 Å². The maximum Gasteiger partial charge on any atom is 0.274 e. The molecule has 1 aromatic rings. The fourth-order valence-corrected chi connectivity index (χ4v) is 3.10. The van der Waals surface area contributed by atoms with Gasteiger partial charge in [0.15, 0.2) is 0 Å². The van der Waals surface area contributed by atoms with Gasteiger partial charge >= 0.3 is 0 Å². The minimum atomic E-state index is -0.0541. The first-order chi connectivity index (χ1) is 9.79. The molecule has 3 heterocycles. The summed E-state index contributed by atoms with van der Waals surface area (Å²) in [6.07, 6.45) is 5.78. The Hall–Kier alpha value is -1.53. The van der Waals surface area contributed by atoms with Crippen LogP contribution in [0.4, 0.5) is 0 Å². The summed E-state index contributed by atoms with van der Waals surface area (Å²) in [5, 5.41) is 0. The zero-order chi connectivity index (χ0) is 13.9. The van der Waals surface area contributed by atoms with Crippen LogP contribution < -0.4 is 0 Å². The molecular formula is C14H19N3O3. The van der Waals surface area contributed by atoms with E-state index in [1.54, 1.807) is 19.5 Å². The minimum Gasteiger partial charge on any atom is -0.385 e. The van der Waals surface area contributed by atoms with Crippen LogP contribution in [-0.2, 0) is 9.47 Å². The van der Waals surface area contributed by atoms with Crippen molar-refractivity contribution >= 4 is 5.91 Å². The average Bonchev–Trinajstić information content (AvgIpc) is 3.06. The number of carbonyl (C=O) groups excluding carboxylic acids is 1. The summed E-state index contributed by atoms with van der Waals surface area (Å²) in [5.74, 6) is 0.854. The molecule has 0 N–H and O–H groups in total. The second-order valence-electron chi connectivity index (χ2n) is 5.38. The van der Waals surface area contributed by atoms with Gasteiger partial charge in [-0.15, -0.1) is 0 Å². The van der Waals surface area contributed by atoms with Gasteiger partial charge in [-0.05, 0) is 12.3 Å². The third kappa shape index (κ3) is 2.53. The Morgan fingerprint density at radius 3 is 3.15 bits per heavy atom.